The highest BCUT2D eigenvalue weighted by atomic mass is 32.2. The number of rotatable bonds is 7. The van der Waals surface area contributed by atoms with Crippen molar-refractivity contribution in [2.24, 2.45) is 0 Å². The summed E-state index contributed by atoms with van der Waals surface area (Å²) in [5, 5.41) is 0. The van der Waals surface area contributed by atoms with Gasteiger partial charge in [0.1, 0.15) is 17.4 Å². The molecule has 1 saturated carbocycles. The van der Waals surface area contributed by atoms with Gasteiger partial charge in [-0.3, -0.25) is 4.79 Å². The van der Waals surface area contributed by atoms with Gasteiger partial charge in [0.2, 0.25) is 0 Å². The summed E-state index contributed by atoms with van der Waals surface area (Å²) in [5.41, 5.74) is 2.11. The zero-order valence-electron chi connectivity index (χ0n) is 17.5. The maximum Gasteiger partial charge on any atom is 0.343 e. The fraction of sp³-hybridized carbons (Fsp3) is 0.455. The largest absolute Gasteiger partial charge is 0.493 e. The predicted molar refractivity (Wildman–Crippen MR) is 115 cm³/mol. The third kappa shape index (κ3) is 3.43. The minimum Gasteiger partial charge on any atom is -0.493 e. The Balaban J connectivity index is 2.02. The molecule has 2 aliphatic rings. The van der Waals surface area contributed by atoms with Crippen LogP contribution in [0.2, 0.25) is 0 Å². The molecular formula is C22H25NO6S. The Morgan fingerprint density at radius 3 is 2.50 bits per heavy atom. The van der Waals surface area contributed by atoms with E-state index in [1.54, 1.807) is 49.6 Å². The Bertz CT molecular complexity index is 1040. The van der Waals surface area contributed by atoms with Crippen molar-refractivity contribution in [1.29, 1.82) is 0 Å². The average Bonchev–Trinajstić information content (AvgIpc) is 3.57. The number of hydrogen-bond acceptors (Lipinski definition) is 7. The summed E-state index contributed by atoms with van der Waals surface area (Å²) < 4.78 is 24.1. The van der Waals surface area contributed by atoms with Gasteiger partial charge in [0.15, 0.2) is 11.5 Å². The minimum atomic E-state index is -0.597. The lowest BCUT2D eigenvalue weighted by atomic mass is 9.95. The topological polar surface area (TPSA) is 76.0 Å². The van der Waals surface area contributed by atoms with Crippen LogP contribution in [0.15, 0.2) is 23.0 Å². The second kappa shape index (κ2) is 8.26. The predicted octanol–water partition coefficient (Wildman–Crippen LogP) is 3.84. The van der Waals surface area contributed by atoms with Crippen LogP contribution < -0.4 is 19.8 Å². The van der Waals surface area contributed by atoms with Crippen molar-refractivity contribution < 1.29 is 23.7 Å². The number of methoxy groups -OCH3 is 2. The van der Waals surface area contributed by atoms with Crippen molar-refractivity contribution in [2.45, 2.75) is 31.9 Å². The Morgan fingerprint density at radius 2 is 1.90 bits per heavy atom. The molecule has 0 saturated heterocycles. The van der Waals surface area contributed by atoms with Gasteiger partial charge in [0.05, 0.1) is 26.5 Å². The molecule has 1 atom stereocenters. The third-order valence-corrected chi connectivity index (χ3v) is 5.98. The van der Waals surface area contributed by atoms with E-state index in [1.165, 1.54) is 0 Å². The van der Waals surface area contributed by atoms with Gasteiger partial charge >= 0.3 is 5.97 Å². The Labute approximate surface area is 179 Å². The smallest absolute Gasteiger partial charge is 0.343 e. The van der Waals surface area contributed by atoms with Gasteiger partial charge in [-0.15, -0.1) is 0 Å². The normalized spacial score (nSPS) is 16.9. The van der Waals surface area contributed by atoms with Gasteiger partial charge in [-0.25, -0.2) is 4.79 Å². The monoisotopic (exact) mass is 431 g/mol. The molecule has 1 aromatic heterocycles. The van der Waals surface area contributed by atoms with Crippen molar-refractivity contribution in [2.75, 3.05) is 32.8 Å². The molecule has 2 heterocycles. The van der Waals surface area contributed by atoms with E-state index in [2.05, 4.69) is 0 Å². The van der Waals surface area contributed by atoms with E-state index in [-0.39, 0.29) is 29.9 Å². The lowest BCUT2D eigenvalue weighted by Gasteiger charge is -2.31. The minimum absolute atomic E-state index is 0.0566. The van der Waals surface area contributed by atoms with Gasteiger partial charge in [0.25, 0.3) is 5.56 Å². The zero-order valence-corrected chi connectivity index (χ0v) is 18.3. The van der Waals surface area contributed by atoms with E-state index in [9.17, 15) is 9.59 Å². The van der Waals surface area contributed by atoms with Gasteiger partial charge in [-0.2, -0.15) is 11.8 Å². The van der Waals surface area contributed by atoms with E-state index in [0.717, 1.165) is 29.7 Å². The van der Waals surface area contributed by atoms with E-state index < -0.39 is 5.97 Å². The molecule has 1 fully saturated rings. The Hall–Kier alpha value is -2.61. The van der Waals surface area contributed by atoms with Crippen LogP contribution in [0.5, 0.6) is 17.2 Å². The van der Waals surface area contributed by atoms with Crippen molar-refractivity contribution >= 4 is 17.7 Å². The van der Waals surface area contributed by atoms with E-state index >= 15 is 0 Å². The van der Waals surface area contributed by atoms with Crippen molar-refractivity contribution in [1.82, 2.24) is 4.57 Å². The van der Waals surface area contributed by atoms with Gasteiger partial charge in [0, 0.05) is 29.0 Å². The van der Waals surface area contributed by atoms with Crippen LogP contribution in [0.1, 0.15) is 47.8 Å². The molecule has 7 nitrogen and oxygen atoms in total. The number of carbonyl (C=O) groups excluding carboxylic acids is 1. The SMILES string of the molecule is CCOC(=O)c1cc2c(n(C3CC3)c1=O)-c1cc(OC)c(OC)cc1OC2CSC. The summed E-state index contributed by atoms with van der Waals surface area (Å²) in [6.07, 6.45) is 3.49. The number of ether oxygens (including phenoxy) is 4. The average molecular weight is 432 g/mol. The summed E-state index contributed by atoms with van der Waals surface area (Å²) >= 11 is 1.64. The second-order valence-corrected chi connectivity index (χ2v) is 8.16. The van der Waals surface area contributed by atoms with Gasteiger partial charge in [-0.1, -0.05) is 0 Å². The van der Waals surface area contributed by atoms with Crippen LogP contribution >= 0.6 is 11.8 Å². The molecule has 1 aliphatic carbocycles. The van der Waals surface area contributed by atoms with Crippen LogP contribution in [0, 0.1) is 0 Å². The maximum absolute atomic E-state index is 13.4. The van der Waals surface area contributed by atoms with Crippen molar-refractivity contribution in [3.8, 4) is 28.5 Å². The number of benzene rings is 1. The first-order valence-electron chi connectivity index (χ1n) is 9.92. The highest BCUT2D eigenvalue weighted by Crippen LogP contribution is 2.50. The molecule has 160 valence electrons. The molecule has 1 unspecified atom stereocenters. The Morgan fingerprint density at radius 1 is 1.20 bits per heavy atom. The van der Waals surface area contributed by atoms with Crippen LogP contribution in [0.25, 0.3) is 11.3 Å². The van der Waals surface area contributed by atoms with Gasteiger partial charge in [-0.05, 0) is 38.2 Å². The summed E-state index contributed by atoms with van der Waals surface area (Å²) in [6, 6.07) is 5.35. The van der Waals surface area contributed by atoms with Crippen LogP contribution in [0.4, 0.5) is 0 Å². The van der Waals surface area contributed by atoms with Crippen LogP contribution in [-0.4, -0.2) is 43.4 Å². The molecule has 0 N–H and O–H groups in total. The number of aromatic nitrogens is 1. The quantitative estimate of drug-likeness (QED) is 0.617. The lowest BCUT2D eigenvalue weighted by Crippen LogP contribution is -2.32. The number of carbonyl (C=O) groups is 1. The van der Waals surface area contributed by atoms with Gasteiger partial charge < -0.3 is 23.5 Å². The fourth-order valence-electron chi connectivity index (χ4n) is 3.86. The highest BCUT2D eigenvalue weighted by molar-refractivity contribution is 7.98. The number of fused-ring (bicyclic) bond motifs is 3. The molecule has 0 amide bonds. The number of nitrogens with zero attached hydrogens (tertiary/aromatic N) is 1. The summed E-state index contributed by atoms with van der Waals surface area (Å²) in [6.45, 7) is 1.94. The third-order valence-electron chi connectivity index (χ3n) is 5.35. The molecule has 2 aromatic rings. The van der Waals surface area contributed by atoms with Crippen LogP contribution in [-0.2, 0) is 4.74 Å². The number of thioether (sulfide) groups is 1. The maximum atomic E-state index is 13.4. The lowest BCUT2D eigenvalue weighted by molar-refractivity contribution is 0.0523. The summed E-state index contributed by atoms with van der Waals surface area (Å²) in [4.78, 5) is 25.9. The van der Waals surface area contributed by atoms with E-state index in [0.29, 0.717) is 23.0 Å². The Kier molecular flexibility index (Phi) is 5.69. The molecule has 0 radical (unpaired) electrons. The van der Waals surface area contributed by atoms with Crippen molar-refractivity contribution in [3.63, 3.8) is 0 Å². The molecule has 1 aliphatic heterocycles. The number of pyridine rings is 1. The molecule has 4 rings (SSSR count). The van der Waals surface area contributed by atoms with E-state index in [1.807, 2.05) is 12.3 Å². The standard InChI is InChI=1S/C22H25NO6S/c1-5-28-22(25)15-8-13-19(11-30-4)29-16-10-18(27-3)17(26-2)9-14(16)20(13)23(21(15)24)12-6-7-12/h8-10,12,19H,5-7,11H2,1-4H3. The molecule has 30 heavy (non-hydrogen) atoms. The van der Waals surface area contributed by atoms with Crippen molar-refractivity contribution in [3.05, 3.63) is 39.7 Å². The highest BCUT2D eigenvalue weighted by Gasteiger charge is 2.37. The second-order valence-electron chi connectivity index (χ2n) is 7.25. The number of hydrogen-bond donors (Lipinski definition) is 0. The molecule has 1 aromatic carbocycles. The first kappa shape index (κ1) is 20.7. The fourth-order valence-corrected chi connectivity index (χ4v) is 4.41. The molecule has 0 spiro atoms. The van der Waals surface area contributed by atoms with Crippen LogP contribution in [0.3, 0.4) is 0 Å². The first-order chi connectivity index (χ1) is 14.5. The summed E-state index contributed by atoms with van der Waals surface area (Å²) in [7, 11) is 3.15. The first-order valence-corrected chi connectivity index (χ1v) is 11.3. The molecule has 0 bridgehead atoms. The summed E-state index contributed by atoms with van der Waals surface area (Å²) in [5.74, 6) is 1.83. The number of esters is 1. The zero-order chi connectivity index (χ0) is 21.4. The molecule has 8 heteroatoms. The molecular weight excluding hydrogens is 406 g/mol. The van der Waals surface area contributed by atoms with E-state index in [4.69, 9.17) is 18.9 Å².